The molecule has 1 heterocycles. The predicted molar refractivity (Wildman–Crippen MR) is 68.6 cm³/mol. The molecule has 0 radical (unpaired) electrons. The summed E-state index contributed by atoms with van der Waals surface area (Å²) in [5.41, 5.74) is 0. The monoisotopic (exact) mass is 269 g/mol. The Morgan fingerprint density at radius 1 is 1.42 bits per heavy atom. The zero-order valence-corrected chi connectivity index (χ0v) is 10.7. The van der Waals surface area contributed by atoms with Gasteiger partial charge in [0.05, 0.1) is 13.0 Å². The smallest absolute Gasteiger partial charge is 0.321 e. The molecule has 0 aromatic heterocycles. The van der Waals surface area contributed by atoms with E-state index < -0.39 is 17.9 Å². The topological polar surface area (TPSA) is 98.7 Å². The molecule has 0 aliphatic carbocycles. The van der Waals surface area contributed by atoms with E-state index in [-0.39, 0.29) is 25.6 Å². The van der Waals surface area contributed by atoms with E-state index in [1.807, 2.05) is 0 Å². The molecule has 3 N–H and O–H groups in total. The number of aliphatic carboxylic acids is 1. The number of carbonyl (C=O) groups is 3. The Labute approximate surface area is 111 Å². The van der Waals surface area contributed by atoms with Crippen molar-refractivity contribution in [3.05, 3.63) is 12.7 Å². The predicted octanol–water partition coefficient (Wildman–Crippen LogP) is -0.0627. The molecule has 1 atom stereocenters. The van der Waals surface area contributed by atoms with E-state index in [2.05, 4.69) is 17.2 Å². The standard InChI is InChI=1S/C12H19N3O4/c1-2-5-13-12(19)14-10(16)8-15-6-3-4-9(15)7-11(17)18/h2,9H,1,3-8H2,(H,17,18)(H2,13,14,16,19). The van der Waals surface area contributed by atoms with Crippen molar-refractivity contribution < 1.29 is 19.5 Å². The van der Waals surface area contributed by atoms with E-state index in [9.17, 15) is 14.4 Å². The maximum atomic E-state index is 11.6. The molecule has 0 aromatic rings. The van der Waals surface area contributed by atoms with Crippen molar-refractivity contribution >= 4 is 17.9 Å². The highest BCUT2D eigenvalue weighted by Crippen LogP contribution is 2.19. The first kappa shape index (κ1) is 15.2. The van der Waals surface area contributed by atoms with E-state index in [0.717, 1.165) is 12.8 Å². The van der Waals surface area contributed by atoms with Gasteiger partial charge in [-0.1, -0.05) is 6.08 Å². The van der Waals surface area contributed by atoms with Crippen LogP contribution in [0.2, 0.25) is 0 Å². The van der Waals surface area contributed by atoms with Gasteiger partial charge in [0.2, 0.25) is 5.91 Å². The minimum absolute atomic E-state index is 0.0238. The van der Waals surface area contributed by atoms with Gasteiger partial charge in [-0.3, -0.25) is 19.8 Å². The fourth-order valence-corrected chi connectivity index (χ4v) is 2.10. The van der Waals surface area contributed by atoms with Gasteiger partial charge in [-0.2, -0.15) is 0 Å². The number of rotatable bonds is 6. The average Bonchev–Trinajstić information content (AvgIpc) is 2.72. The SMILES string of the molecule is C=CCNC(=O)NC(=O)CN1CCCC1CC(=O)O. The molecule has 3 amide bonds. The number of hydrogen-bond acceptors (Lipinski definition) is 4. The third-order valence-electron chi connectivity index (χ3n) is 2.92. The normalized spacial score (nSPS) is 18.8. The number of amides is 3. The van der Waals surface area contributed by atoms with Crippen molar-refractivity contribution in [2.75, 3.05) is 19.6 Å². The second kappa shape index (κ2) is 7.52. The minimum Gasteiger partial charge on any atom is -0.481 e. The van der Waals surface area contributed by atoms with Crippen LogP contribution >= 0.6 is 0 Å². The summed E-state index contributed by atoms with van der Waals surface area (Å²) in [5.74, 6) is -1.31. The van der Waals surface area contributed by atoms with Gasteiger partial charge < -0.3 is 10.4 Å². The zero-order chi connectivity index (χ0) is 14.3. The lowest BCUT2D eigenvalue weighted by Crippen LogP contribution is -2.45. The number of carbonyl (C=O) groups excluding carboxylic acids is 2. The van der Waals surface area contributed by atoms with E-state index in [1.54, 1.807) is 4.90 Å². The second-order valence-electron chi connectivity index (χ2n) is 4.41. The van der Waals surface area contributed by atoms with Crippen LogP contribution in [0.15, 0.2) is 12.7 Å². The molecule has 19 heavy (non-hydrogen) atoms. The van der Waals surface area contributed by atoms with Gasteiger partial charge >= 0.3 is 12.0 Å². The lowest BCUT2D eigenvalue weighted by atomic mass is 10.1. The summed E-state index contributed by atoms with van der Waals surface area (Å²) in [6, 6.07) is -0.696. The molecule has 0 bridgehead atoms. The van der Waals surface area contributed by atoms with Crippen LogP contribution < -0.4 is 10.6 Å². The Kier molecular flexibility index (Phi) is 6.01. The van der Waals surface area contributed by atoms with Gasteiger partial charge in [0.1, 0.15) is 0 Å². The molecule has 1 saturated heterocycles. The first-order chi connectivity index (χ1) is 9.02. The van der Waals surface area contributed by atoms with Gasteiger partial charge in [0, 0.05) is 12.6 Å². The van der Waals surface area contributed by atoms with Crippen molar-refractivity contribution in [1.82, 2.24) is 15.5 Å². The summed E-state index contributed by atoms with van der Waals surface area (Å²) in [7, 11) is 0. The van der Waals surface area contributed by atoms with Crippen molar-refractivity contribution in [2.24, 2.45) is 0 Å². The van der Waals surface area contributed by atoms with Gasteiger partial charge in [0.15, 0.2) is 0 Å². The number of carboxylic acids is 1. The molecular weight excluding hydrogens is 250 g/mol. The molecule has 0 saturated carbocycles. The Bertz CT molecular complexity index is 370. The maximum Gasteiger partial charge on any atom is 0.321 e. The highest BCUT2D eigenvalue weighted by atomic mass is 16.4. The molecule has 7 nitrogen and oxygen atoms in total. The van der Waals surface area contributed by atoms with Gasteiger partial charge in [-0.15, -0.1) is 6.58 Å². The number of nitrogens with one attached hydrogen (secondary N) is 2. The second-order valence-corrected chi connectivity index (χ2v) is 4.41. The Morgan fingerprint density at radius 2 is 2.16 bits per heavy atom. The summed E-state index contributed by atoms with van der Waals surface area (Å²) in [4.78, 5) is 35.3. The van der Waals surface area contributed by atoms with Crippen LogP contribution in [-0.4, -0.2) is 53.6 Å². The molecular formula is C12H19N3O4. The number of nitrogens with zero attached hydrogens (tertiary/aromatic N) is 1. The minimum atomic E-state index is -0.874. The molecule has 106 valence electrons. The molecule has 1 aliphatic heterocycles. The van der Waals surface area contributed by atoms with E-state index in [0.29, 0.717) is 6.54 Å². The van der Waals surface area contributed by atoms with Gasteiger partial charge in [-0.25, -0.2) is 4.79 Å². The first-order valence-corrected chi connectivity index (χ1v) is 6.17. The fraction of sp³-hybridized carbons (Fsp3) is 0.583. The van der Waals surface area contributed by atoms with E-state index >= 15 is 0 Å². The Hall–Kier alpha value is -1.89. The quantitative estimate of drug-likeness (QED) is 0.587. The van der Waals surface area contributed by atoms with Crippen molar-refractivity contribution in [3.8, 4) is 0 Å². The van der Waals surface area contributed by atoms with Crippen LogP contribution in [-0.2, 0) is 9.59 Å². The zero-order valence-electron chi connectivity index (χ0n) is 10.7. The Balaban J connectivity index is 2.36. The van der Waals surface area contributed by atoms with Crippen molar-refractivity contribution in [3.63, 3.8) is 0 Å². The van der Waals surface area contributed by atoms with Crippen LogP contribution in [0.4, 0.5) is 4.79 Å². The number of carboxylic acid groups (broad SMARTS) is 1. The largest absolute Gasteiger partial charge is 0.481 e. The highest BCUT2D eigenvalue weighted by Gasteiger charge is 2.28. The lowest BCUT2D eigenvalue weighted by molar-refractivity contribution is -0.138. The molecule has 1 fully saturated rings. The number of likely N-dealkylation sites (tertiary alicyclic amines) is 1. The summed E-state index contributed by atoms with van der Waals surface area (Å²) in [6.07, 6.45) is 3.17. The molecule has 0 spiro atoms. The summed E-state index contributed by atoms with van der Waals surface area (Å²) in [6.45, 7) is 4.44. The lowest BCUT2D eigenvalue weighted by Gasteiger charge is -2.22. The van der Waals surface area contributed by atoms with Crippen LogP contribution in [0.25, 0.3) is 0 Å². The average molecular weight is 269 g/mol. The van der Waals surface area contributed by atoms with E-state index in [1.165, 1.54) is 6.08 Å². The fourth-order valence-electron chi connectivity index (χ4n) is 2.10. The summed E-state index contributed by atoms with van der Waals surface area (Å²) < 4.78 is 0. The number of urea groups is 1. The highest BCUT2D eigenvalue weighted by molar-refractivity contribution is 5.95. The van der Waals surface area contributed by atoms with Crippen molar-refractivity contribution in [2.45, 2.75) is 25.3 Å². The molecule has 1 unspecified atom stereocenters. The summed E-state index contributed by atoms with van der Waals surface area (Å²) in [5, 5.41) is 13.4. The van der Waals surface area contributed by atoms with Crippen LogP contribution in [0.1, 0.15) is 19.3 Å². The maximum absolute atomic E-state index is 11.6. The van der Waals surface area contributed by atoms with Gasteiger partial charge in [-0.05, 0) is 19.4 Å². The van der Waals surface area contributed by atoms with Crippen LogP contribution in [0.3, 0.4) is 0 Å². The van der Waals surface area contributed by atoms with E-state index in [4.69, 9.17) is 5.11 Å². The Morgan fingerprint density at radius 3 is 2.79 bits per heavy atom. The third-order valence-corrected chi connectivity index (χ3v) is 2.92. The third kappa shape index (κ3) is 5.52. The molecule has 1 aliphatic rings. The first-order valence-electron chi connectivity index (χ1n) is 6.17. The van der Waals surface area contributed by atoms with Crippen LogP contribution in [0, 0.1) is 0 Å². The molecule has 0 aromatic carbocycles. The number of hydrogen-bond donors (Lipinski definition) is 3. The molecule has 1 rings (SSSR count). The number of imide groups is 1. The molecule has 7 heteroatoms. The summed E-state index contributed by atoms with van der Waals surface area (Å²) >= 11 is 0. The van der Waals surface area contributed by atoms with Crippen molar-refractivity contribution in [1.29, 1.82) is 0 Å². The van der Waals surface area contributed by atoms with Crippen LogP contribution in [0.5, 0.6) is 0 Å². The van der Waals surface area contributed by atoms with Gasteiger partial charge in [0.25, 0.3) is 0 Å².